The number of fused-ring (bicyclic) bond motifs is 1. The Bertz CT molecular complexity index is 1240. The van der Waals surface area contributed by atoms with Crippen molar-refractivity contribution in [2.45, 2.75) is 31.0 Å². The highest BCUT2D eigenvalue weighted by Crippen LogP contribution is 2.24. The maximum atomic E-state index is 12.6. The Morgan fingerprint density at radius 2 is 1.77 bits per heavy atom. The number of nitrogens with zero attached hydrogens (tertiary/aromatic N) is 1. The number of benzene rings is 3. The Labute approximate surface area is 183 Å². The van der Waals surface area contributed by atoms with E-state index in [4.69, 9.17) is 0 Å². The highest BCUT2D eigenvalue weighted by atomic mass is 32.2. The highest BCUT2D eigenvalue weighted by Gasteiger charge is 2.10. The predicted octanol–water partition coefficient (Wildman–Crippen LogP) is 5.94. The van der Waals surface area contributed by atoms with Crippen molar-refractivity contribution < 1.29 is 4.79 Å². The molecule has 0 aliphatic rings. The molecule has 0 atom stereocenters. The maximum absolute atomic E-state index is 12.6. The molecule has 152 valence electrons. The SMILES string of the molecule is CCn1c(=O)sc2cc(NC(=O)c3ccc(CSc4ccc(C)cc4)cc3)ccc21. The van der Waals surface area contributed by atoms with Crippen LogP contribution in [-0.2, 0) is 12.3 Å². The lowest BCUT2D eigenvalue weighted by molar-refractivity contribution is 0.102. The summed E-state index contributed by atoms with van der Waals surface area (Å²) in [6, 6.07) is 21.8. The van der Waals surface area contributed by atoms with Gasteiger partial charge >= 0.3 is 4.87 Å². The summed E-state index contributed by atoms with van der Waals surface area (Å²) >= 11 is 2.98. The Morgan fingerprint density at radius 3 is 2.47 bits per heavy atom. The fraction of sp³-hybridized carbons (Fsp3) is 0.167. The van der Waals surface area contributed by atoms with Crippen LogP contribution in [0.15, 0.2) is 76.4 Å². The molecule has 1 aromatic heterocycles. The fourth-order valence-corrected chi connectivity index (χ4v) is 5.05. The first-order valence-corrected chi connectivity index (χ1v) is 11.6. The summed E-state index contributed by atoms with van der Waals surface area (Å²) in [5.74, 6) is 0.698. The van der Waals surface area contributed by atoms with Crippen molar-refractivity contribution in [3.63, 3.8) is 0 Å². The van der Waals surface area contributed by atoms with Crippen molar-refractivity contribution in [3.05, 3.63) is 93.1 Å². The fourth-order valence-electron chi connectivity index (χ4n) is 3.20. The number of hydrogen-bond donors (Lipinski definition) is 1. The van der Waals surface area contributed by atoms with E-state index in [2.05, 4.69) is 36.5 Å². The van der Waals surface area contributed by atoms with Gasteiger partial charge in [0.1, 0.15) is 0 Å². The van der Waals surface area contributed by atoms with E-state index < -0.39 is 0 Å². The molecule has 0 fully saturated rings. The number of carbonyl (C=O) groups excluding carboxylic acids is 1. The van der Waals surface area contributed by atoms with Gasteiger partial charge < -0.3 is 5.32 Å². The van der Waals surface area contributed by atoms with Crippen molar-refractivity contribution in [3.8, 4) is 0 Å². The zero-order valence-corrected chi connectivity index (χ0v) is 18.5. The van der Waals surface area contributed by atoms with Crippen molar-refractivity contribution in [1.82, 2.24) is 4.57 Å². The molecule has 0 unspecified atom stereocenters. The van der Waals surface area contributed by atoms with Crippen LogP contribution in [0.1, 0.15) is 28.4 Å². The molecule has 0 saturated carbocycles. The summed E-state index contributed by atoms with van der Waals surface area (Å²) in [4.78, 5) is 25.9. The Kier molecular flexibility index (Phi) is 6.06. The summed E-state index contributed by atoms with van der Waals surface area (Å²) in [6.07, 6.45) is 0. The van der Waals surface area contributed by atoms with E-state index >= 15 is 0 Å². The Hall–Kier alpha value is -2.83. The van der Waals surface area contributed by atoms with Crippen LogP contribution < -0.4 is 10.2 Å². The zero-order chi connectivity index (χ0) is 21.1. The number of anilines is 1. The molecule has 0 bridgehead atoms. The number of thioether (sulfide) groups is 1. The molecule has 4 nitrogen and oxygen atoms in total. The monoisotopic (exact) mass is 434 g/mol. The van der Waals surface area contributed by atoms with Gasteiger partial charge in [0.15, 0.2) is 0 Å². The second-order valence-corrected chi connectivity index (χ2v) is 9.09. The topological polar surface area (TPSA) is 51.1 Å². The molecule has 3 aromatic carbocycles. The summed E-state index contributed by atoms with van der Waals surface area (Å²) in [7, 11) is 0. The average Bonchev–Trinajstić information content (AvgIpc) is 3.07. The first-order chi connectivity index (χ1) is 14.5. The molecule has 4 rings (SSSR count). The summed E-state index contributed by atoms with van der Waals surface area (Å²) in [6.45, 7) is 4.67. The van der Waals surface area contributed by atoms with Crippen LogP contribution in [0, 0.1) is 6.92 Å². The van der Waals surface area contributed by atoms with Crippen LogP contribution >= 0.6 is 23.1 Å². The number of nitrogens with one attached hydrogen (secondary N) is 1. The van der Waals surface area contributed by atoms with Gasteiger partial charge in [0, 0.05) is 28.4 Å². The minimum Gasteiger partial charge on any atom is -0.322 e. The third-order valence-corrected chi connectivity index (χ3v) is 6.91. The standard InChI is InChI=1S/C24H22N2O2S2/c1-3-26-21-13-10-19(14-22(21)30-24(26)28)25-23(27)18-8-6-17(7-9-18)15-29-20-11-4-16(2)5-12-20/h4-14H,3,15H2,1-2H3,(H,25,27). The normalized spacial score (nSPS) is 11.0. The number of carbonyl (C=O) groups is 1. The Balaban J connectivity index is 1.41. The highest BCUT2D eigenvalue weighted by molar-refractivity contribution is 7.98. The first-order valence-electron chi connectivity index (χ1n) is 9.76. The molecular formula is C24H22N2O2S2. The van der Waals surface area contributed by atoms with Crippen LogP contribution in [0.3, 0.4) is 0 Å². The van der Waals surface area contributed by atoms with Crippen molar-refractivity contribution >= 4 is 44.9 Å². The molecule has 1 N–H and O–H groups in total. The van der Waals surface area contributed by atoms with Gasteiger partial charge in [0.25, 0.3) is 5.91 Å². The number of rotatable bonds is 6. The molecule has 1 amide bonds. The molecule has 30 heavy (non-hydrogen) atoms. The van der Waals surface area contributed by atoms with Gasteiger partial charge in [0.2, 0.25) is 0 Å². The lowest BCUT2D eigenvalue weighted by atomic mass is 10.1. The van der Waals surface area contributed by atoms with Crippen LogP contribution in [0.4, 0.5) is 5.69 Å². The number of aromatic nitrogens is 1. The summed E-state index contributed by atoms with van der Waals surface area (Å²) < 4.78 is 2.61. The molecule has 0 aliphatic heterocycles. The third-order valence-electron chi connectivity index (χ3n) is 4.88. The van der Waals surface area contributed by atoms with Crippen LogP contribution in [0.5, 0.6) is 0 Å². The van der Waals surface area contributed by atoms with E-state index in [0.29, 0.717) is 17.8 Å². The van der Waals surface area contributed by atoms with Crippen molar-refractivity contribution in [2.75, 3.05) is 5.32 Å². The van der Waals surface area contributed by atoms with Crippen molar-refractivity contribution in [2.24, 2.45) is 0 Å². The van der Waals surface area contributed by atoms with E-state index in [1.165, 1.54) is 27.4 Å². The van der Waals surface area contributed by atoms with Gasteiger partial charge in [-0.3, -0.25) is 14.2 Å². The van der Waals surface area contributed by atoms with E-state index in [-0.39, 0.29) is 10.8 Å². The number of hydrogen-bond acceptors (Lipinski definition) is 4. The number of aryl methyl sites for hydroxylation is 2. The average molecular weight is 435 g/mol. The quantitative estimate of drug-likeness (QED) is 0.382. The summed E-state index contributed by atoms with van der Waals surface area (Å²) in [5, 5.41) is 2.93. The van der Waals surface area contributed by atoms with Crippen LogP contribution in [0.25, 0.3) is 10.2 Å². The third kappa shape index (κ3) is 4.50. The van der Waals surface area contributed by atoms with Gasteiger partial charge in [-0.05, 0) is 61.9 Å². The van der Waals surface area contributed by atoms with Gasteiger partial charge in [-0.2, -0.15) is 0 Å². The van der Waals surface area contributed by atoms with Gasteiger partial charge in [-0.15, -0.1) is 11.8 Å². The minimum absolute atomic E-state index is 0.0232. The minimum atomic E-state index is -0.158. The van der Waals surface area contributed by atoms with Gasteiger partial charge in [-0.25, -0.2) is 0 Å². The van der Waals surface area contributed by atoms with Crippen LogP contribution in [0.2, 0.25) is 0 Å². The maximum Gasteiger partial charge on any atom is 0.308 e. The van der Waals surface area contributed by atoms with Gasteiger partial charge in [0.05, 0.1) is 10.2 Å². The number of thiazole rings is 1. The molecule has 0 radical (unpaired) electrons. The molecule has 0 aliphatic carbocycles. The van der Waals surface area contributed by atoms with E-state index in [9.17, 15) is 9.59 Å². The van der Waals surface area contributed by atoms with Gasteiger partial charge in [-0.1, -0.05) is 41.2 Å². The van der Waals surface area contributed by atoms with E-state index in [1.54, 1.807) is 16.3 Å². The second kappa shape index (κ2) is 8.90. The van der Waals surface area contributed by atoms with E-state index in [0.717, 1.165) is 16.0 Å². The molecule has 1 heterocycles. The molecular weight excluding hydrogens is 412 g/mol. The lowest BCUT2D eigenvalue weighted by Gasteiger charge is -2.07. The van der Waals surface area contributed by atoms with Crippen molar-refractivity contribution in [1.29, 1.82) is 0 Å². The molecule has 0 spiro atoms. The molecule has 4 aromatic rings. The molecule has 6 heteroatoms. The van der Waals surface area contributed by atoms with Crippen LogP contribution in [-0.4, -0.2) is 10.5 Å². The zero-order valence-electron chi connectivity index (χ0n) is 16.8. The van der Waals surface area contributed by atoms with E-state index in [1.807, 2.05) is 49.4 Å². The molecule has 0 saturated heterocycles. The largest absolute Gasteiger partial charge is 0.322 e. The Morgan fingerprint density at radius 1 is 1.03 bits per heavy atom. The number of amides is 1. The smallest absolute Gasteiger partial charge is 0.308 e. The summed E-state index contributed by atoms with van der Waals surface area (Å²) in [5.41, 5.74) is 4.63. The predicted molar refractivity (Wildman–Crippen MR) is 127 cm³/mol. The second-order valence-electron chi connectivity index (χ2n) is 7.05. The lowest BCUT2D eigenvalue weighted by Crippen LogP contribution is -2.12. The first kappa shape index (κ1) is 20.4.